The maximum atomic E-state index is 11.9. The van der Waals surface area contributed by atoms with Crippen molar-refractivity contribution in [2.45, 2.75) is 20.8 Å². The van der Waals surface area contributed by atoms with Gasteiger partial charge in [0.1, 0.15) is 0 Å². The van der Waals surface area contributed by atoms with E-state index in [1.54, 1.807) is 24.3 Å². The number of aryl methyl sites for hydroxylation is 2. The van der Waals surface area contributed by atoms with Crippen molar-refractivity contribution in [2.75, 3.05) is 5.32 Å². The van der Waals surface area contributed by atoms with Crippen LogP contribution in [0, 0.1) is 20.8 Å². The minimum Gasteiger partial charge on any atom is -0.318 e. The van der Waals surface area contributed by atoms with Crippen molar-refractivity contribution in [1.82, 2.24) is 9.99 Å². The summed E-state index contributed by atoms with van der Waals surface area (Å²) < 4.78 is 2.11. The lowest BCUT2D eigenvalue weighted by Gasteiger charge is -2.09. The molecule has 1 heterocycles. The maximum Gasteiger partial charge on any atom is 0.329 e. The number of rotatable bonds is 4. The van der Waals surface area contributed by atoms with Crippen LogP contribution in [0.25, 0.3) is 5.69 Å². The summed E-state index contributed by atoms with van der Waals surface area (Å²) in [6.07, 6.45) is 1.53. The van der Waals surface area contributed by atoms with Gasteiger partial charge in [0, 0.05) is 33.3 Å². The van der Waals surface area contributed by atoms with Crippen molar-refractivity contribution in [3.8, 4) is 5.69 Å². The monoisotopic (exact) mass is 408 g/mol. The topological polar surface area (TPSA) is 75.5 Å². The lowest BCUT2D eigenvalue weighted by Crippen LogP contribution is -2.32. The van der Waals surface area contributed by atoms with Gasteiger partial charge in [0.15, 0.2) is 0 Å². The highest BCUT2D eigenvalue weighted by Gasteiger charge is 2.13. The van der Waals surface area contributed by atoms with Gasteiger partial charge in [0.05, 0.1) is 6.21 Å². The first-order valence-electron chi connectivity index (χ1n) is 9.01. The molecule has 1 aromatic heterocycles. The first-order valence-corrected chi connectivity index (χ1v) is 9.39. The average molecular weight is 409 g/mol. The lowest BCUT2D eigenvalue weighted by atomic mass is 10.2. The number of carbonyl (C=O) groups is 2. The largest absolute Gasteiger partial charge is 0.329 e. The zero-order valence-electron chi connectivity index (χ0n) is 16.4. The summed E-state index contributed by atoms with van der Waals surface area (Å²) in [4.78, 5) is 23.9. The molecule has 148 valence electrons. The second-order valence-corrected chi connectivity index (χ2v) is 7.09. The molecule has 0 spiro atoms. The molecular formula is C22H21ClN4O2. The van der Waals surface area contributed by atoms with Crippen molar-refractivity contribution in [3.05, 3.63) is 82.1 Å². The minimum absolute atomic E-state index is 0.472. The molecule has 0 bridgehead atoms. The number of nitrogens with zero attached hydrogens (tertiary/aromatic N) is 2. The molecule has 0 aliphatic heterocycles. The number of hydrazone groups is 1. The van der Waals surface area contributed by atoms with Crippen LogP contribution in [0.2, 0.25) is 5.02 Å². The quantitative estimate of drug-likeness (QED) is 0.386. The van der Waals surface area contributed by atoms with Gasteiger partial charge < -0.3 is 9.88 Å². The second-order valence-electron chi connectivity index (χ2n) is 6.66. The molecule has 0 unspecified atom stereocenters. The molecule has 2 aromatic carbocycles. The molecule has 0 saturated carbocycles. The number of amides is 2. The van der Waals surface area contributed by atoms with Crippen molar-refractivity contribution in [2.24, 2.45) is 5.10 Å². The van der Waals surface area contributed by atoms with Crippen LogP contribution in [-0.2, 0) is 9.59 Å². The molecule has 2 amide bonds. The van der Waals surface area contributed by atoms with E-state index in [1.807, 2.05) is 26.8 Å². The van der Waals surface area contributed by atoms with Crippen LogP contribution in [0.1, 0.15) is 22.5 Å². The number of aromatic nitrogens is 1. The highest BCUT2D eigenvalue weighted by Crippen LogP contribution is 2.20. The zero-order chi connectivity index (χ0) is 21.0. The summed E-state index contributed by atoms with van der Waals surface area (Å²) in [5.74, 6) is -1.67. The van der Waals surface area contributed by atoms with Crippen LogP contribution < -0.4 is 10.7 Å². The molecule has 0 saturated heterocycles. The molecule has 2 N–H and O–H groups in total. The summed E-state index contributed by atoms with van der Waals surface area (Å²) in [6, 6.07) is 16.7. The Kier molecular flexibility index (Phi) is 6.14. The van der Waals surface area contributed by atoms with E-state index in [1.165, 1.54) is 11.8 Å². The standard InChI is InChI=1S/C22H21ClN4O2/c1-14-4-10-20(11-5-14)27-15(2)12-17(16(27)3)13-24-26-22(29)21(28)25-19-8-6-18(23)7-9-19/h4-13H,1-3H3,(H,25,28)(H,26,29)/b24-13+. The predicted octanol–water partition coefficient (Wildman–Crippen LogP) is 4.14. The van der Waals surface area contributed by atoms with E-state index in [0.717, 1.165) is 22.6 Å². The Bertz CT molecular complexity index is 1070. The van der Waals surface area contributed by atoms with Crippen LogP contribution in [0.4, 0.5) is 5.69 Å². The first kappa shape index (κ1) is 20.4. The number of halogens is 1. The molecule has 0 atom stereocenters. The maximum absolute atomic E-state index is 11.9. The van der Waals surface area contributed by atoms with Gasteiger partial charge in [-0.05, 0) is 63.2 Å². The van der Waals surface area contributed by atoms with E-state index in [0.29, 0.717) is 10.7 Å². The molecular weight excluding hydrogens is 388 g/mol. The number of nitrogens with one attached hydrogen (secondary N) is 2. The second kappa shape index (κ2) is 8.75. The van der Waals surface area contributed by atoms with E-state index in [-0.39, 0.29) is 0 Å². The number of anilines is 1. The third-order valence-corrected chi connectivity index (χ3v) is 4.69. The molecule has 6 nitrogen and oxygen atoms in total. The van der Waals surface area contributed by atoms with Crippen LogP contribution >= 0.6 is 11.6 Å². The molecule has 0 aliphatic carbocycles. The van der Waals surface area contributed by atoms with Gasteiger partial charge in [-0.1, -0.05) is 29.3 Å². The molecule has 3 aromatic rings. The lowest BCUT2D eigenvalue weighted by molar-refractivity contribution is -0.136. The summed E-state index contributed by atoms with van der Waals surface area (Å²) in [6.45, 7) is 6.02. The predicted molar refractivity (Wildman–Crippen MR) is 116 cm³/mol. The Balaban J connectivity index is 1.66. The van der Waals surface area contributed by atoms with Gasteiger partial charge in [-0.2, -0.15) is 5.10 Å². The minimum atomic E-state index is -0.858. The molecule has 29 heavy (non-hydrogen) atoms. The normalized spacial score (nSPS) is 10.9. The van der Waals surface area contributed by atoms with Crippen molar-refractivity contribution >= 4 is 35.3 Å². The molecule has 0 aliphatic rings. The molecule has 7 heteroatoms. The Hall–Kier alpha value is -3.38. The van der Waals surface area contributed by atoms with E-state index >= 15 is 0 Å². The SMILES string of the molecule is Cc1ccc(-n2c(C)cc(/C=N/NC(=O)C(=O)Nc3ccc(Cl)cc3)c2C)cc1. The molecule has 3 rings (SSSR count). The van der Waals surface area contributed by atoms with Gasteiger partial charge >= 0.3 is 11.8 Å². The third kappa shape index (κ3) is 4.92. The fourth-order valence-corrected chi connectivity index (χ4v) is 3.07. The average Bonchev–Trinajstić information content (AvgIpc) is 2.97. The van der Waals surface area contributed by atoms with E-state index in [9.17, 15) is 9.59 Å². The van der Waals surface area contributed by atoms with Crippen LogP contribution in [0.3, 0.4) is 0 Å². The van der Waals surface area contributed by atoms with Gasteiger partial charge in [-0.3, -0.25) is 9.59 Å². The number of carbonyl (C=O) groups excluding carboxylic acids is 2. The summed E-state index contributed by atoms with van der Waals surface area (Å²) in [5, 5.41) is 6.94. The van der Waals surface area contributed by atoms with Gasteiger partial charge in [0.2, 0.25) is 0 Å². The molecule has 0 fully saturated rings. The summed E-state index contributed by atoms with van der Waals surface area (Å²) in [5.41, 5.74) is 7.84. The Morgan fingerprint density at radius 1 is 0.966 bits per heavy atom. The summed E-state index contributed by atoms with van der Waals surface area (Å²) in [7, 11) is 0. The van der Waals surface area contributed by atoms with Crippen molar-refractivity contribution in [3.63, 3.8) is 0 Å². The summed E-state index contributed by atoms with van der Waals surface area (Å²) >= 11 is 5.80. The number of hydrogen-bond donors (Lipinski definition) is 2. The first-order chi connectivity index (χ1) is 13.8. The highest BCUT2D eigenvalue weighted by molar-refractivity contribution is 6.39. The zero-order valence-corrected chi connectivity index (χ0v) is 17.1. The van der Waals surface area contributed by atoms with E-state index in [4.69, 9.17) is 11.6 Å². The fraction of sp³-hybridized carbons (Fsp3) is 0.136. The van der Waals surface area contributed by atoms with Crippen LogP contribution in [0.15, 0.2) is 59.7 Å². The number of benzene rings is 2. The van der Waals surface area contributed by atoms with Crippen molar-refractivity contribution in [1.29, 1.82) is 0 Å². The number of hydrogen-bond acceptors (Lipinski definition) is 3. The van der Waals surface area contributed by atoms with E-state index < -0.39 is 11.8 Å². The highest BCUT2D eigenvalue weighted by atomic mass is 35.5. The third-order valence-electron chi connectivity index (χ3n) is 4.44. The van der Waals surface area contributed by atoms with Gasteiger partial charge in [-0.15, -0.1) is 0 Å². The van der Waals surface area contributed by atoms with Gasteiger partial charge in [0.25, 0.3) is 0 Å². The molecule has 0 radical (unpaired) electrons. The smallest absolute Gasteiger partial charge is 0.318 e. The van der Waals surface area contributed by atoms with E-state index in [2.05, 4.69) is 44.7 Å². The van der Waals surface area contributed by atoms with Crippen LogP contribution in [-0.4, -0.2) is 22.6 Å². The fourth-order valence-electron chi connectivity index (χ4n) is 2.94. The van der Waals surface area contributed by atoms with Crippen molar-refractivity contribution < 1.29 is 9.59 Å². The Morgan fingerprint density at radius 2 is 1.62 bits per heavy atom. The Labute approximate surface area is 174 Å². The van der Waals surface area contributed by atoms with Crippen LogP contribution in [0.5, 0.6) is 0 Å². The van der Waals surface area contributed by atoms with Gasteiger partial charge in [-0.25, -0.2) is 5.43 Å². The Morgan fingerprint density at radius 3 is 2.28 bits per heavy atom.